The van der Waals surface area contributed by atoms with Gasteiger partial charge in [0.25, 0.3) is 0 Å². The molecule has 0 saturated carbocycles. The lowest BCUT2D eigenvalue weighted by Crippen LogP contribution is -2.33. The fourth-order valence-electron chi connectivity index (χ4n) is 10.7. The van der Waals surface area contributed by atoms with Gasteiger partial charge < -0.3 is 9.64 Å². The van der Waals surface area contributed by atoms with Crippen LogP contribution in [-0.4, -0.2) is 0 Å². The van der Waals surface area contributed by atoms with Gasteiger partial charge >= 0.3 is 0 Å². The summed E-state index contributed by atoms with van der Waals surface area (Å²) in [6.07, 6.45) is 0. The van der Waals surface area contributed by atoms with E-state index in [1.165, 1.54) is 77.5 Å². The van der Waals surface area contributed by atoms with Crippen LogP contribution in [0.5, 0.6) is 11.5 Å². The molecule has 1 aliphatic heterocycles. The van der Waals surface area contributed by atoms with Crippen molar-refractivity contribution in [3.8, 4) is 33.8 Å². The van der Waals surface area contributed by atoms with Crippen LogP contribution in [-0.2, 0) is 21.7 Å². The van der Waals surface area contributed by atoms with E-state index in [2.05, 4.69) is 224 Å². The normalized spacial score (nSPS) is 15.1. The van der Waals surface area contributed by atoms with Crippen molar-refractivity contribution in [3.05, 3.63) is 208 Å². The Bertz CT molecular complexity index is 3010. The summed E-state index contributed by atoms with van der Waals surface area (Å²) in [6.45, 7) is 18.6. The van der Waals surface area contributed by atoms with Crippen LogP contribution in [0.25, 0.3) is 33.0 Å². The van der Waals surface area contributed by atoms with Gasteiger partial charge in [-0.1, -0.05) is 171 Å². The fourth-order valence-corrected chi connectivity index (χ4v) is 10.7. The Balaban J connectivity index is 1.25. The highest BCUT2D eigenvalue weighted by atomic mass is 16.5. The summed E-state index contributed by atoms with van der Waals surface area (Å²) < 4.78 is 6.97. The van der Waals surface area contributed by atoms with Gasteiger partial charge in [-0.25, -0.2) is 0 Å². The zero-order valence-electron chi connectivity index (χ0n) is 35.9. The minimum Gasteiger partial charge on any atom is -0.457 e. The lowest BCUT2D eigenvalue weighted by Gasteiger charge is -2.41. The molecule has 0 bridgehead atoms. The third-order valence-corrected chi connectivity index (χ3v) is 13.8. The molecule has 8 aromatic carbocycles. The number of nitrogens with zero attached hydrogens (tertiary/aromatic N) is 1. The van der Waals surface area contributed by atoms with E-state index in [1.807, 2.05) is 0 Å². The van der Waals surface area contributed by atoms with Crippen molar-refractivity contribution in [1.82, 2.24) is 0 Å². The van der Waals surface area contributed by atoms with E-state index in [4.69, 9.17) is 4.74 Å². The number of fused-ring (bicyclic) bond motifs is 13. The molecule has 11 rings (SSSR count). The molecular formula is C58H51NO. The van der Waals surface area contributed by atoms with Crippen molar-refractivity contribution in [2.75, 3.05) is 4.90 Å². The van der Waals surface area contributed by atoms with Crippen molar-refractivity contribution in [1.29, 1.82) is 0 Å². The summed E-state index contributed by atoms with van der Waals surface area (Å²) in [5.41, 5.74) is 18.0. The second-order valence-corrected chi connectivity index (χ2v) is 19.8. The minimum atomic E-state index is -0.626. The van der Waals surface area contributed by atoms with E-state index in [9.17, 15) is 0 Å². The van der Waals surface area contributed by atoms with Crippen LogP contribution in [0.4, 0.5) is 17.1 Å². The monoisotopic (exact) mass is 777 g/mol. The summed E-state index contributed by atoms with van der Waals surface area (Å²) in [4.78, 5) is 2.55. The molecule has 3 aliphatic rings. The molecule has 0 radical (unpaired) electrons. The summed E-state index contributed by atoms with van der Waals surface area (Å²) >= 11 is 0. The predicted molar refractivity (Wildman–Crippen MR) is 251 cm³/mol. The highest BCUT2D eigenvalue weighted by Crippen LogP contribution is 2.65. The molecule has 60 heavy (non-hydrogen) atoms. The average Bonchev–Trinajstić information content (AvgIpc) is 3.66. The smallest absolute Gasteiger partial charge is 0.132 e. The van der Waals surface area contributed by atoms with E-state index in [1.54, 1.807) is 0 Å². The Kier molecular flexibility index (Phi) is 7.68. The second-order valence-electron chi connectivity index (χ2n) is 19.8. The molecule has 0 atom stereocenters. The van der Waals surface area contributed by atoms with Gasteiger partial charge in [-0.05, 0) is 115 Å². The maximum atomic E-state index is 6.97. The highest BCUT2D eigenvalue weighted by molar-refractivity contribution is 6.04. The van der Waals surface area contributed by atoms with Gasteiger partial charge in [0.15, 0.2) is 0 Å². The molecule has 2 heteroatoms. The molecule has 0 saturated heterocycles. The van der Waals surface area contributed by atoms with Crippen LogP contribution in [0.15, 0.2) is 164 Å². The first kappa shape index (κ1) is 36.7. The lowest BCUT2D eigenvalue weighted by atomic mass is 9.64. The number of ether oxygens (including phenoxy) is 1. The van der Waals surface area contributed by atoms with Crippen LogP contribution in [0.1, 0.15) is 99.9 Å². The molecule has 8 aromatic rings. The molecule has 1 heterocycles. The minimum absolute atomic E-state index is 0.0568. The molecule has 0 unspecified atom stereocenters. The maximum Gasteiger partial charge on any atom is 0.132 e. The number of rotatable bonds is 3. The van der Waals surface area contributed by atoms with Crippen LogP contribution >= 0.6 is 0 Å². The van der Waals surface area contributed by atoms with Gasteiger partial charge in [0.05, 0.1) is 16.8 Å². The Morgan fingerprint density at radius 1 is 0.433 bits per heavy atom. The molecule has 0 amide bonds. The van der Waals surface area contributed by atoms with Crippen molar-refractivity contribution in [2.45, 2.75) is 77.0 Å². The zero-order chi connectivity index (χ0) is 41.3. The molecule has 0 N–H and O–H groups in total. The van der Waals surface area contributed by atoms with E-state index in [0.29, 0.717) is 0 Å². The molecule has 2 nitrogen and oxygen atoms in total. The quantitative estimate of drug-likeness (QED) is 0.177. The Labute approximate surface area is 355 Å². The van der Waals surface area contributed by atoms with Gasteiger partial charge in [-0.3, -0.25) is 0 Å². The van der Waals surface area contributed by atoms with Gasteiger partial charge in [0, 0.05) is 33.2 Å². The SMILES string of the molecule is CC(C)(C)c1ccc2c(c1)C1(c3cc(C(C)(C)C)ccc3O2)c2ccccc2-c2c(N(c3ccc4c(c3)C(C)(C)c3ccccc3-4)c3cccc4ccccc34)cccc21. The number of anilines is 3. The van der Waals surface area contributed by atoms with Crippen LogP contribution in [0.3, 0.4) is 0 Å². The first-order valence-corrected chi connectivity index (χ1v) is 21.5. The standard InChI is InChI=1S/C58H51NO/c1-55(2,3)37-27-31-52-48(33-37)58(49-34-38(56(4,5)6)28-32-53(49)60-52)45-23-14-12-21-43(45)54-46(58)24-16-26-51(54)59(50-25-15-18-36-17-9-10-19-40(36)50)39-29-30-42-41-20-11-13-22-44(41)57(7,8)47(42)35-39/h9-35H,1-8H3. The number of benzene rings is 8. The maximum absolute atomic E-state index is 6.97. The summed E-state index contributed by atoms with van der Waals surface area (Å²) in [7, 11) is 0. The molecular weight excluding hydrogens is 727 g/mol. The van der Waals surface area contributed by atoms with Gasteiger partial charge in [-0.15, -0.1) is 0 Å². The summed E-state index contributed by atoms with van der Waals surface area (Å²) in [6, 6.07) is 61.7. The van der Waals surface area contributed by atoms with Crippen LogP contribution in [0, 0.1) is 0 Å². The van der Waals surface area contributed by atoms with E-state index in [0.717, 1.165) is 28.6 Å². The fraction of sp³-hybridized carbons (Fsp3) is 0.207. The molecule has 1 spiro atoms. The number of hydrogen-bond donors (Lipinski definition) is 0. The molecule has 0 aromatic heterocycles. The first-order chi connectivity index (χ1) is 28.8. The van der Waals surface area contributed by atoms with Crippen molar-refractivity contribution in [3.63, 3.8) is 0 Å². The Hall–Kier alpha value is -6.38. The average molecular weight is 778 g/mol. The van der Waals surface area contributed by atoms with Gasteiger partial charge in [-0.2, -0.15) is 0 Å². The highest BCUT2D eigenvalue weighted by Gasteiger charge is 2.53. The van der Waals surface area contributed by atoms with Crippen molar-refractivity contribution >= 4 is 27.8 Å². The van der Waals surface area contributed by atoms with Crippen molar-refractivity contribution in [2.24, 2.45) is 0 Å². The Morgan fingerprint density at radius 3 is 1.68 bits per heavy atom. The van der Waals surface area contributed by atoms with Crippen molar-refractivity contribution < 1.29 is 4.74 Å². The van der Waals surface area contributed by atoms with E-state index in [-0.39, 0.29) is 16.2 Å². The van der Waals surface area contributed by atoms with Gasteiger partial charge in [0.1, 0.15) is 11.5 Å². The largest absolute Gasteiger partial charge is 0.457 e. The topological polar surface area (TPSA) is 12.5 Å². The third-order valence-electron chi connectivity index (χ3n) is 13.8. The molecule has 294 valence electrons. The molecule has 2 aliphatic carbocycles. The first-order valence-electron chi connectivity index (χ1n) is 21.5. The summed E-state index contributed by atoms with van der Waals surface area (Å²) in [5, 5.41) is 2.43. The molecule has 0 fully saturated rings. The van der Waals surface area contributed by atoms with Crippen LogP contribution in [0.2, 0.25) is 0 Å². The second kappa shape index (κ2) is 12.6. The van der Waals surface area contributed by atoms with Crippen LogP contribution < -0.4 is 9.64 Å². The lowest BCUT2D eigenvalue weighted by molar-refractivity contribution is 0.433. The number of hydrogen-bond acceptors (Lipinski definition) is 2. The van der Waals surface area contributed by atoms with Gasteiger partial charge in [0.2, 0.25) is 0 Å². The van der Waals surface area contributed by atoms with E-state index >= 15 is 0 Å². The van der Waals surface area contributed by atoms with E-state index < -0.39 is 5.41 Å². The third kappa shape index (κ3) is 5.06. The summed E-state index contributed by atoms with van der Waals surface area (Å²) in [5.74, 6) is 1.83. The predicted octanol–water partition coefficient (Wildman–Crippen LogP) is 15.7. The zero-order valence-corrected chi connectivity index (χ0v) is 35.9. The Morgan fingerprint density at radius 2 is 0.983 bits per heavy atom.